The molecule has 0 aliphatic heterocycles. The molecule has 0 aliphatic rings. The number of anilines is 1. The van der Waals surface area contributed by atoms with Gasteiger partial charge in [-0.25, -0.2) is 9.97 Å². The zero-order valence-corrected chi connectivity index (χ0v) is 11.7. The van der Waals surface area contributed by atoms with Crippen molar-refractivity contribution in [3.63, 3.8) is 0 Å². The van der Waals surface area contributed by atoms with Gasteiger partial charge in [0.05, 0.1) is 5.69 Å². The van der Waals surface area contributed by atoms with Gasteiger partial charge >= 0.3 is 0 Å². The number of hydrogen-bond acceptors (Lipinski definition) is 3. The van der Waals surface area contributed by atoms with Gasteiger partial charge < -0.3 is 5.32 Å². The van der Waals surface area contributed by atoms with Gasteiger partial charge in [0.15, 0.2) is 0 Å². The van der Waals surface area contributed by atoms with Gasteiger partial charge in [-0.2, -0.15) is 0 Å². The van der Waals surface area contributed by atoms with Crippen molar-refractivity contribution in [2.24, 2.45) is 0 Å². The van der Waals surface area contributed by atoms with E-state index in [0.29, 0.717) is 5.95 Å². The van der Waals surface area contributed by atoms with Crippen LogP contribution in [0.2, 0.25) is 0 Å². The molecule has 100 valence electrons. The molecular formula is C17H17N3. The van der Waals surface area contributed by atoms with Gasteiger partial charge in [0, 0.05) is 17.8 Å². The normalized spacial score (nSPS) is 10.7. The van der Waals surface area contributed by atoms with Gasteiger partial charge in [-0.3, -0.25) is 0 Å². The van der Waals surface area contributed by atoms with E-state index in [1.807, 2.05) is 19.9 Å². The Morgan fingerprint density at radius 3 is 2.55 bits per heavy atom. The van der Waals surface area contributed by atoms with Crippen LogP contribution in [0.5, 0.6) is 0 Å². The molecular weight excluding hydrogens is 246 g/mol. The maximum atomic E-state index is 4.58. The van der Waals surface area contributed by atoms with E-state index in [-0.39, 0.29) is 0 Å². The highest BCUT2D eigenvalue weighted by Crippen LogP contribution is 2.24. The molecule has 1 heterocycles. The minimum Gasteiger partial charge on any atom is -0.354 e. The predicted octanol–water partition coefficient (Wildman–Crippen LogP) is 4.04. The van der Waals surface area contributed by atoms with Crippen molar-refractivity contribution < 1.29 is 0 Å². The summed E-state index contributed by atoms with van der Waals surface area (Å²) < 4.78 is 0. The highest BCUT2D eigenvalue weighted by Gasteiger charge is 2.05. The summed E-state index contributed by atoms with van der Waals surface area (Å²) in [6, 6.07) is 16.8. The lowest BCUT2D eigenvalue weighted by Gasteiger charge is -2.07. The molecule has 3 nitrogen and oxygen atoms in total. The van der Waals surface area contributed by atoms with Crippen LogP contribution in [0.3, 0.4) is 0 Å². The lowest BCUT2D eigenvalue weighted by molar-refractivity contribution is 1.06. The summed E-state index contributed by atoms with van der Waals surface area (Å²) in [5.41, 5.74) is 3.05. The smallest absolute Gasteiger partial charge is 0.223 e. The molecule has 0 saturated heterocycles. The Labute approximate surface area is 118 Å². The van der Waals surface area contributed by atoms with Crippen LogP contribution >= 0.6 is 0 Å². The highest BCUT2D eigenvalue weighted by atomic mass is 15.1. The first-order valence-corrected chi connectivity index (χ1v) is 6.85. The summed E-state index contributed by atoms with van der Waals surface area (Å²) in [6.07, 6.45) is 0. The number of rotatable bonds is 3. The number of hydrogen-bond donors (Lipinski definition) is 1. The maximum absolute atomic E-state index is 4.58. The van der Waals surface area contributed by atoms with Crippen molar-refractivity contribution in [1.82, 2.24) is 9.97 Å². The summed E-state index contributed by atoms with van der Waals surface area (Å²) >= 11 is 0. The van der Waals surface area contributed by atoms with Gasteiger partial charge in [-0.1, -0.05) is 36.4 Å². The summed E-state index contributed by atoms with van der Waals surface area (Å²) in [5, 5.41) is 5.65. The molecule has 0 spiro atoms. The third-order valence-electron chi connectivity index (χ3n) is 3.23. The molecule has 1 aromatic heterocycles. The number of nitrogens with zero attached hydrogens (tertiary/aromatic N) is 2. The number of fused-ring (bicyclic) bond motifs is 1. The van der Waals surface area contributed by atoms with E-state index >= 15 is 0 Å². The van der Waals surface area contributed by atoms with Crippen molar-refractivity contribution in [3.8, 4) is 11.3 Å². The van der Waals surface area contributed by atoms with Crippen LogP contribution in [0.15, 0.2) is 48.5 Å². The molecule has 0 unspecified atom stereocenters. The van der Waals surface area contributed by atoms with Gasteiger partial charge in [0.1, 0.15) is 0 Å². The van der Waals surface area contributed by atoms with Crippen LogP contribution in [0.4, 0.5) is 5.95 Å². The lowest BCUT2D eigenvalue weighted by atomic mass is 10.0. The molecule has 3 rings (SSSR count). The third-order valence-corrected chi connectivity index (χ3v) is 3.23. The number of aromatic nitrogens is 2. The Kier molecular flexibility index (Phi) is 3.33. The predicted molar refractivity (Wildman–Crippen MR) is 83.9 cm³/mol. The second-order valence-electron chi connectivity index (χ2n) is 4.81. The van der Waals surface area contributed by atoms with Gasteiger partial charge in [-0.15, -0.1) is 0 Å². The monoisotopic (exact) mass is 263 g/mol. The topological polar surface area (TPSA) is 37.8 Å². The van der Waals surface area contributed by atoms with Crippen LogP contribution in [-0.4, -0.2) is 16.5 Å². The Bertz CT molecular complexity index is 750. The van der Waals surface area contributed by atoms with E-state index in [1.165, 1.54) is 10.8 Å². The average molecular weight is 263 g/mol. The first-order chi connectivity index (χ1) is 9.76. The molecule has 3 aromatic rings. The van der Waals surface area contributed by atoms with Crippen molar-refractivity contribution in [3.05, 3.63) is 54.2 Å². The molecule has 0 fully saturated rings. The summed E-state index contributed by atoms with van der Waals surface area (Å²) in [6.45, 7) is 4.86. The quantitative estimate of drug-likeness (QED) is 0.775. The fourth-order valence-corrected chi connectivity index (χ4v) is 2.30. The fraction of sp³-hybridized carbons (Fsp3) is 0.176. The minimum atomic E-state index is 0.690. The summed E-state index contributed by atoms with van der Waals surface area (Å²) in [7, 11) is 0. The van der Waals surface area contributed by atoms with Crippen LogP contribution in [0, 0.1) is 6.92 Å². The van der Waals surface area contributed by atoms with E-state index in [9.17, 15) is 0 Å². The van der Waals surface area contributed by atoms with E-state index < -0.39 is 0 Å². The van der Waals surface area contributed by atoms with E-state index in [1.54, 1.807) is 0 Å². The van der Waals surface area contributed by atoms with Gasteiger partial charge in [-0.05, 0) is 36.8 Å². The standard InChI is InChI=1S/C17H17N3/c1-3-18-17-19-12(2)10-16(20-17)15-9-8-13-6-4-5-7-14(13)11-15/h4-11H,3H2,1-2H3,(H,18,19,20). The van der Waals surface area contributed by atoms with Crippen LogP contribution in [0.1, 0.15) is 12.6 Å². The molecule has 0 saturated carbocycles. The van der Waals surface area contributed by atoms with Gasteiger partial charge in [0.25, 0.3) is 0 Å². The first-order valence-electron chi connectivity index (χ1n) is 6.85. The zero-order chi connectivity index (χ0) is 13.9. The second-order valence-corrected chi connectivity index (χ2v) is 4.81. The van der Waals surface area contributed by atoms with Crippen molar-refractivity contribution in [1.29, 1.82) is 0 Å². The first kappa shape index (κ1) is 12.6. The second kappa shape index (κ2) is 5.29. The molecule has 20 heavy (non-hydrogen) atoms. The van der Waals surface area contributed by atoms with E-state index in [0.717, 1.165) is 23.5 Å². The maximum Gasteiger partial charge on any atom is 0.223 e. The van der Waals surface area contributed by atoms with Crippen molar-refractivity contribution >= 4 is 16.7 Å². The molecule has 0 atom stereocenters. The number of benzene rings is 2. The molecule has 1 N–H and O–H groups in total. The zero-order valence-electron chi connectivity index (χ0n) is 11.7. The SMILES string of the molecule is CCNc1nc(C)cc(-c2ccc3ccccc3c2)n1. The fourth-order valence-electron chi connectivity index (χ4n) is 2.30. The Morgan fingerprint density at radius 2 is 1.75 bits per heavy atom. The highest BCUT2D eigenvalue weighted by molar-refractivity contribution is 5.86. The van der Waals surface area contributed by atoms with Crippen LogP contribution in [0.25, 0.3) is 22.0 Å². The van der Waals surface area contributed by atoms with Crippen molar-refractivity contribution in [2.75, 3.05) is 11.9 Å². The third kappa shape index (κ3) is 2.48. The lowest BCUT2D eigenvalue weighted by Crippen LogP contribution is -2.03. The van der Waals surface area contributed by atoms with E-state index in [4.69, 9.17) is 0 Å². The van der Waals surface area contributed by atoms with Crippen LogP contribution < -0.4 is 5.32 Å². The Morgan fingerprint density at radius 1 is 0.950 bits per heavy atom. The number of nitrogens with one attached hydrogen (secondary N) is 1. The van der Waals surface area contributed by atoms with Gasteiger partial charge in [0.2, 0.25) is 5.95 Å². The molecule has 0 aliphatic carbocycles. The number of aryl methyl sites for hydroxylation is 1. The van der Waals surface area contributed by atoms with E-state index in [2.05, 4.69) is 57.7 Å². The molecule has 0 amide bonds. The summed E-state index contributed by atoms with van der Waals surface area (Å²) in [4.78, 5) is 8.97. The molecule has 3 heteroatoms. The largest absolute Gasteiger partial charge is 0.354 e. The average Bonchev–Trinajstić information content (AvgIpc) is 2.46. The minimum absolute atomic E-state index is 0.690. The Balaban J connectivity index is 2.10. The Hall–Kier alpha value is -2.42. The molecule has 2 aromatic carbocycles. The van der Waals surface area contributed by atoms with Crippen molar-refractivity contribution in [2.45, 2.75) is 13.8 Å². The molecule has 0 radical (unpaired) electrons. The summed E-state index contributed by atoms with van der Waals surface area (Å²) in [5.74, 6) is 0.690. The molecule has 0 bridgehead atoms. The van der Waals surface area contributed by atoms with Crippen LogP contribution in [-0.2, 0) is 0 Å².